The Morgan fingerprint density at radius 1 is 1.25 bits per heavy atom. The van der Waals surface area contributed by atoms with Crippen molar-refractivity contribution in [1.82, 2.24) is 15.5 Å². The number of nitrogens with zero attached hydrogens (tertiary/aromatic N) is 1. The zero-order chi connectivity index (χ0) is 13.8. The van der Waals surface area contributed by atoms with E-state index in [1.807, 2.05) is 18.2 Å². The van der Waals surface area contributed by atoms with Crippen LogP contribution in [0, 0.1) is 5.92 Å². The molecule has 2 atom stereocenters. The van der Waals surface area contributed by atoms with Crippen molar-refractivity contribution < 1.29 is 5.11 Å². The monoisotopic (exact) mass is 269 g/mol. The number of rotatable bonds is 5. The maximum Gasteiger partial charge on any atom is 0.0924 e. The standard InChI is InChI=1S/C16H19N3O/c20-11-12-6-7-14(8-12)17-10-15-9-16(19-18-15)13-4-2-1-3-5-13/h1-7,9,12,14,17,20H,8,10-11H2,(H,18,19)/t12-,14+/m0/s1. The lowest BCUT2D eigenvalue weighted by molar-refractivity contribution is 0.246. The van der Waals surface area contributed by atoms with Crippen LogP contribution in [0.1, 0.15) is 12.1 Å². The lowest BCUT2D eigenvalue weighted by Gasteiger charge is -2.11. The number of nitrogens with one attached hydrogen (secondary N) is 2. The first-order valence-corrected chi connectivity index (χ1v) is 6.97. The fourth-order valence-corrected chi connectivity index (χ4v) is 2.51. The van der Waals surface area contributed by atoms with E-state index in [9.17, 15) is 0 Å². The molecule has 3 N–H and O–H groups in total. The van der Waals surface area contributed by atoms with Crippen LogP contribution in [-0.4, -0.2) is 28.0 Å². The van der Waals surface area contributed by atoms with E-state index in [1.165, 1.54) is 0 Å². The van der Waals surface area contributed by atoms with Crippen LogP contribution in [0.5, 0.6) is 0 Å². The van der Waals surface area contributed by atoms with Gasteiger partial charge in [-0.25, -0.2) is 0 Å². The van der Waals surface area contributed by atoms with Gasteiger partial charge in [0.25, 0.3) is 0 Å². The van der Waals surface area contributed by atoms with E-state index >= 15 is 0 Å². The highest BCUT2D eigenvalue weighted by molar-refractivity contribution is 5.58. The molecule has 1 aliphatic rings. The van der Waals surface area contributed by atoms with Gasteiger partial charge in [-0.05, 0) is 12.5 Å². The quantitative estimate of drug-likeness (QED) is 0.729. The Kier molecular flexibility index (Phi) is 3.95. The Morgan fingerprint density at radius 3 is 2.85 bits per heavy atom. The van der Waals surface area contributed by atoms with Crippen molar-refractivity contribution in [3.8, 4) is 11.3 Å². The Hall–Kier alpha value is -1.91. The summed E-state index contributed by atoms with van der Waals surface area (Å²) in [6.07, 6.45) is 5.19. The Bertz CT molecular complexity index is 576. The van der Waals surface area contributed by atoms with Gasteiger partial charge in [-0.1, -0.05) is 42.5 Å². The molecule has 0 amide bonds. The van der Waals surface area contributed by atoms with Crippen LogP contribution in [0.15, 0.2) is 48.6 Å². The molecule has 1 heterocycles. The number of aromatic nitrogens is 2. The predicted molar refractivity (Wildman–Crippen MR) is 79.0 cm³/mol. The lowest BCUT2D eigenvalue weighted by atomic mass is 10.1. The molecule has 1 aromatic carbocycles. The van der Waals surface area contributed by atoms with Gasteiger partial charge in [0.1, 0.15) is 0 Å². The molecule has 0 unspecified atom stereocenters. The Morgan fingerprint density at radius 2 is 2.10 bits per heavy atom. The summed E-state index contributed by atoms with van der Waals surface area (Å²) in [5.41, 5.74) is 3.17. The summed E-state index contributed by atoms with van der Waals surface area (Å²) in [4.78, 5) is 0. The topological polar surface area (TPSA) is 60.9 Å². The summed E-state index contributed by atoms with van der Waals surface area (Å²) in [5, 5.41) is 20.0. The van der Waals surface area contributed by atoms with Crippen LogP contribution >= 0.6 is 0 Å². The van der Waals surface area contributed by atoms with Gasteiger partial charge in [0, 0.05) is 36.4 Å². The van der Waals surface area contributed by atoms with Gasteiger partial charge < -0.3 is 10.4 Å². The lowest BCUT2D eigenvalue weighted by Crippen LogP contribution is -2.26. The van der Waals surface area contributed by atoms with E-state index in [0.717, 1.165) is 29.9 Å². The molecular weight excluding hydrogens is 250 g/mol. The average Bonchev–Trinajstić information content (AvgIpc) is 3.15. The molecule has 0 radical (unpaired) electrons. The largest absolute Gasteiger partial charge is 0.396 e. The zero-order valence-electron chi connectivity index (χ0n) is 11.3. The summed E-state index contributed by atoms with van der Waals surface area (Å²) in [7, 11) is 0. The Balaban J connectivity index is 1.57. The first-order valence-electron chi connectivity index (χ1n) is 6.97. The molecule has 0 aliphatic heterocycles. The second kappa shape index (κ2) is 6.03. The number of aliphatic hydroxyl groups excluding tert-OH is 1. The first-order chi connectivity index (χ1) is 9.85. The fraction of sp³-hybridized carbons (Fsp3) is 0.312. The molecule has 0 saturated carbocycles. The molecule has 3 rings (SSSR count). The van der Waals surface area contributed by atoms with Gasteiger partial charge in [-0.2, -0.15) is 5.10 Å². The van der Waals surface area contributed by atoms with Gasteiger partial charge in [-0.3, -0.25) is 5.10 Å². The summed E-state index contributed by atoms with van der Waals surface area (Å²) < 4.78 is 0. The number of aliphatic hydroxyl groups is 1. The zero-order valence-corrected chi connectivity index (χ0v) is 11.3. The third-order valence-corrected chi connectivity index (χ3v) is 3.66. The van der Waals surface area contributed by atoms with Crippen molar-refractivity contribution in [2.45, 2.75) is 19.0 Å². The number of H-pyrrole nitrogens is 1. The van der Waals surface area contributed by atoms with Crippen molar-refractivity contribution in [2.24, 2.45) is 5.92 Å². The van der Waals surface area contributed by atoms with Crippen LogP contribution in [0.3, 0.4) is 0 Å². The summed E-state index contributed by atoms with van der Waals surface area (Å²) in [6, 6.07) is 12.6. The molecule has 1 aromatic heterocycles. The normalized spacial score (nSPS) is 21.4. The number of aromatic amines is 1. The van der Waals surface area contributed by atoms with Gasteiger partial charge in [0.2, 0.25) is 0 Å². The molecule has 0 spiro atoms. The fourth-order valence-electron chi connectivity index (χ4n) is 2.51. The maximum absolute atomic E-state index is 9.10. The third kappa shape index (κ3) is 2.98. The van der Waals surface area contributed by atoms with Crippen molar-refractivity contribution in [1.29, 1.82) is 0 Å². The highest BCUT2D eigenvalue weighted by atomic mass is 16.3. The molecule has 0 saturated heterocycles. The molecule has 0 fully saturated rings. The molecule has 20 heavy (non-hydrogen) atoms. The highest BCUT2D eigenvalue weighted by Crippen LogP contribution is 2.19. The van der Waals surface area contributed by atoms with Gasteiger partial charge in [0.15, 0.2) is 0 Å². The van der Waals surface area contributed by atoms with E-state index < -0.39 is 0 Å². The van der Waals surface area contributed by atoms with E-state index in [2.05, 4.69) is 45.9 Å². The van der Waals surface area contributed by atoms with Gasteiger partial charge in [0.05, 0.1) is 5.69 Å². The van der Waals surface area contributed by atoms with Crippen molar-refractivity contribution in [3.63, 3.8) is 0 Å². The highest BCUT2D eigenvalue weighted by Gasteiger charge is 2.17. The van der Waals surface area contributed by atoms with Crippen molar-refractivity contribution >= 4 is 0 Å². The van der Waals surface area contributed by atoms with Gasteiger partial charge in [-0.15, -0.1) is 0 Å². The van der Waals surface area contributed by atoms with Crippen LogP contribution in [0.4, 0.5) is 0 Å². The molecule has 0 bridgehead atoms. The summed E-state index contributed by atoms with van der Waals surface area (Å²) in [5.74, 6) is 0.300. The molecular formula is C16H19N3O. The van der Waals surface area contributed by atoms with Crippen LogP contribution < -0.4 is 5.32 Å². The second-order valence-electron chi connectivity index (χ2n) is 5.20. The van der Waals surface area contributed by atoms with Crippen LogP contribution in [-0.2, 0) is 6.54 Å². The smallest absolute Gasteiger partial charge is 0.0924 e. The second-order valence-corrected chi connectivity index (χ2v) is 5.20. The molecule has 4 nitrogen and oxygen atoms in total. The molecule has 1 aliphatic carbocycles. The van der Waals surface area contributed by atoms with E-state index in [0.29, 0.717) is 12.0 Å². The minimum Gasteiger partial charge on any atom is -0.396 e. The van der Waals surface area contributed by atoms with Crippen molar-refractivity contribution in [3.05, 3.63) is 54.2 Å². The summed E-state index contributed by atoms with van der Waals surface area (Å²) >= 11 is 0. The predicted octanol–water partition coefficient (Wildman–Crippen LogP) is 2.10. The molecule has 104 valence electrons. The van der Waals surface area contributed by atoms with E-state index in [4.69, 9.17) is 5.11 Å². The Labute approximate surface area is 118 Å². The van der Waals surface area contributed by atoms with Crippen LogP contribution in [0.25, 0.3) is 11.3 Å². The first kappa shape index (κ1) is 13.1. The van der Waals surface area contributed by atoms with Crippen molar-refractivity contribution in [2.75, 3.05) is 6.61 Å². The van der Waals surface area contributed by atoms with Crippen LogP contribution in [0.2, 0.25) is 0 Å². The van der Waals surface area contributed by atoms with E-state index in [-0.39, 0.29) is 6.61 Å². The third-order valence-electron chi connectivity index (χ3n) is 3.66. The minimum atomic E-state index is 0.233. The maximum atomic E-state index is 9.10. The average molecular weight is 269 g/mol. The number of hydrogen-bond acceptors (Lipinski definition) is 3. The molecule has 4 heteroatoms. The SMILES string of the molecule is OC[C@H]1C=C[C@@H](NCc2cc(-c3ccccc3)n[nH]2)C1. The minimum absolute atomic E-state index is 0.233. The number of hydrogen-bond donors (Lipinski definition) is 3. The number of benzene rings is 1. The summed E-state index contributed by atoms with van der Waals surface area (Å²) in [6.45, 7) is 0.990. The van der Waals surface area contributed by atoms with Gasteiger partial charge >= 0.3 is 0 Å². The molecule has 2 aromatic rings. The van der Waals surface area contributed by atoms with E-state index in [1.54, 1.807) is 0 Å².